The molecular weight excluding hydrogens is 318 g/mol. The molecule has 0 saturated carbocycles. The van der Waals surface area contributed by atoms with Crippen LogP contribution in [0.5, 0.6) is 11.5 Å². The van der Waals surface area contributed by atoms with Gasteiger partial charge in [-0.25, -0.2) is 0 Å². The molecule has 128 valence electrons. The summed E-state index contributed by atoms with van der Waals surface area (Å²) in [6.07, 6.45) is 1.97. The lowest BCUT2D eigenvalue weighted by Gasteiger charge is -2.32. The Bertz CT molecular complexity index is 970. The minimum absolute atomic E-state index is 0.126. The van der Waals surface area contributed by atoms with E-state index in [0.717, 1.165) is 22.6 Å². The topological polar surface area (TPSA) is 57.5 Å². The second-order valence-corrected chi connectivity index (χ2v) is 6.60. The molecule has 4 rings (SSSR count). The molecule has 5 nitrogen and oxygen atoms in total. The summed E-state index contributed by atoms with van der Waals surface area (Å²) in [5.41, 5.74) is 3.05. The van der Waals surface area contributed by atoms with Crippen molar-refractivity contribution in [3.8, 4) is 11.5 Å². The van der Waals surface area contributed by atoms with E-state index < -0.39 is 0 Å². The van der Waals surface area contributed by atoms with Crippen LogP contribution in [0.1, 0.15) is 36.1 Å². The summed E-state index contributed by atoms with van der Waals surface area (Å²) < 4.78 is 13.0. The molecule has 2 aromatic rings. The van der Waals surface area contributed by atoms with Crippen LogP contribution in [0.4, 0.5) is 0 Å². The first-order chi connectivity index (χ1) is 12.0. The van der Waals surface area contributed by atoms with Gasteiger partial charge in [0.1, 0.15) is 17.6 Å². The molecular formula is C20H19NO4. The SMILES string of the molecule is Cc1cc2c(c(=O)n1C)[C@H](C1=Cc3ccccc3O[C@H]1C)CC(=O)O2. The quantitative estimate of drug-likeness (QED) is 0.751. The normalized spacial score (nSPS) is 21.6. The number of carbonyl (C=O) groups excluding carboxylic acids is 1. The van der Waals surface area contributed by atoms with Crippen LogP contribution in [0.3, 0.4) is 0 Å². The molecule has 5 heteroatoms. The standard InChI is InChI=1S/C20H19NO4/c1-11-8-17-19(20(23)21(11)3)15(10-18(22)25-17)14-9-13-6-4-5-7-16(13)24-12(14)2/h4-9,12,15H,10H2,1-3H3/t12-,15-/m0/s1. The summed E-state index contributed by atoms with van der Waals surface area (Å²) in [7, 11) is 1.73. The number of aromatic nitrogens is 1. The Morgan fingerprint density at radius 3 is 2.72 bits per heavy atom. The molecule has 2 aliphatic rings. The Labute approximate surface area is 145 Å². The second-order valence-electron chi connectivity index (χ2n) is 6.60. The number of para-hydroxylation sites is 1. The van der Waals surface area contributed by atoms with Gasteiger partial charge in [0, 0.05) is 30.3 Å². The first kappa shape index (κ1) is 15.7. The molecule has 0 aliphatic carbocycles. The lowest BCUT2D eigenvalue weighted by Crippen LogP contribution is -2.35. The minimum Gasteiger partial charge on any atom is -0.486 e. The van der Waals surface area contributed by atoms with E-state index in [1.54, 1.807) is 17.7 Å². The maximum absolute atomic E-state index is 12.8. The van der Waals surface area contributed by atoms with Crippen molar-refractivity contribution >= 4 is 12.0 Å². The van der Waals surface area contributed by atoms with E-state index in [0.29, 0.717) is 11.3 Å². The molecule has 0 radical (unpaired) electrons. The number of fused-ring (bicyclic) bond motifs is 2. The average molecular weight is 337 g/mol. The third-order valence-electron chi connectivity index (χ3n) is 5.03. The molecule has 0 saturated heterocycles. The van der Waals surface area contributed by atoms with Gasteiger partial charge in [0.05, 0.1) is 12.0 Å². The molecule has 1 aromatic carbocycles. The summed E-state index contributed by atoms with van der Waals surface area (Å²) in [6.45, 7) is 3.76. The maximum atomic E-state index is 12.8. The van der Waals surface area contributed by atoms with Crippen molar-refractivity contribution in [2.75, 3.05) is 0 Å². The number of rotatable bonds is 1. The third-order valence-corrected chi connectivity index (χ3v) is 5.03. The summed E-state index contributed by atoms with van der Waals surface area (Å²) >= 11 is 0. The smallest absolute Gasteiger partial charge is 0.312 e. The number of hydrogen-bond donors (Lipinski definition) is 0. The third kappa shape index (κ3) is 2.47. The van der Waals surface area contributed by atoms with Crippen LogP contribution in [0.2, 0.25) is 0 Å². The molecule has 2 atom stereocenters. The van der Waals surface area contributed by atoms with Crippen molar-refractivity contribution in [2.45, 2.75) is 32.3 Å². The van der Waals surface area contributed by atoms with E-state index in [4.69, 9.17) is 9.47 Å². The Balaban J connectivity index is 1.91. The maximum Gasteiger partial charge on any atom is 0.312 e. The molecule has 0 bridgehead atoms. The van der Waals surface area contributed by atoms with E-state index in [9.17, 15) is 9.59 Å². The Morgan fingerprint density at radius 2 is 1.92 bits per heavy atom. The van der Waals surface area contributed by atoms with Crippen molar-refractivity contribution in [3.05, 3.63) is 63.1 Å². The Hall–Kier alpha value is -2.82. The van der Waals surface area contributed by atoms with Crippen LogP contribution >= 0.6 is 0 Å². The highest BCUT2D eigenvalue weighted by atomic mass is 16.5. The molecule has 0 N–H and O–H groups in total. The summed E-state index contributed by atoms with van der Waals surface area (Å²) in [5, 5.41) is 0. The minimum atomic E-state index is -0.334. The van der Waals surface area contributed by atoms with Crippen LogP contribution in [-0.4, -0.2) is 16.6 Å². The van der Waals surface area contributed by atoms with Crippen LogP contribution in [0.25, 0.3) is 6.08 Å². The van der Waals surface area contributed by atoms with Crippen LogP contribution in [0, 0.1) is 6.92 Å². The van der Waals surface area contributed by atoms with Gasteiger partial charge in [-0.15, -0.1) is 0 Å². The average Bonchev–Trinajstić information content (AvgIpc) is 2.58. The van der Waals surface area contributed by atoms with E-state index in [2.05, 4.69) is 0 Å². The Morgan fingerprint density at radius 1 is 1.16 bits per heavy atom. The highest BCUT2D eigenvalue weighted by Gasteiger charge is 2.36. The highest BCUT2D eigenvalue weighted by molar-refractivity contribution is 5.79. The van der Waals surface area contributed by atoms with Gasteiger partial charge in [-0.1, -0.05) is 18.2 Å². The van der Waals surface area contributed by atoms with E-state index in [1.807, 2.05) is 44.2 Å². The van der Waals surface area contributed by atoms with E-state index >= 15 is 0 Å². The van der Waals surface area contributed by atoms with Crippen molar-refractivity contribution in [3.63, 3.8) is 0 Å². The molecule has 1 aromatic heterocycles. The number of pyridine rings is 1. The molecule has 0 unspecified atom stereocenters. The van der Waals surface area contributed by atoms with Gasteiger partial charge >= 0.3 is 5.97 Å². The van der Waals surface area contributed by atoms with Crippen LogP contribution in [0.15, 0.2) is 40.7 Å². The second kappa shape index (κ2) is 5.62. The van der Waals surface area contributed by atoms with Gasteiger partial charge in [-0.2, -0.15) is 0 Å². The number of ether oxygens (including phenoxy) is 2. The van der Waals surface area contributed by atoms with Gasteiger partial charge in [-0.3, -0.25) is 9.59 Å². The van der Waals surface area contributed by atoms with Gasteiger partial charge < -0.3 is 14.0 Å². The van der Waals surface area contributed by atoms with E-state index in [-0.39, 0.29) is 30.0 Å². The number of benzene rings is 1. The predicted molar refractivity (Wildman–Crippen MR) is 93.9 cm³/mol. The van der Waals surface area contributed by atoms with Gasteiger partial charge in [-0.05, 0) is 31.6 Å². The molecule has 0 spiro atoms. The summed E-state index contributed by atoms with van der Waals surface area (Å²) in [6, 6.07) is 9.51. The monoisotopic (exact) mass is 337 g/mol. The zero-order chi connectivity index (χ0) is 17.7. The molecule has 2 aliphatic heterocycles. The fourth-order valence-electron chi connectivity index (χ4n) is 3.58. The van der Waals surface area contributed by atoms with Gasteiger partial charge in [0.15, 0.2) is 0 Å². The number of carbonyl (C=O) groups is 1. The molecule has 0 fully saturated rings. The van der Waals surface area contributed by atoms with Crippen LogP contribution in [-0.2, 0) is 11.8 Å². The number of esters is 1. The van der Waals surface area contributed by atoms with Crippen molar-refractivity contribution < 1.29 is 14.3 Å². The van der Waals surface area contributed by atoms with Gasteiger partial charge in [0.25, 0.3) is 5.56 Å². The fraction of sp³-hybridized carbons (Fsp3) is 0.300. The van der Waals surface area contributed by atoms with E-state index in [1.165, 1.54) is 0 Å². The van der Waals surface area contributed by atoms with Crippen molar-refractivity contribution in [1.29, 1.82) is 0 Å². The fourth-order valence-corrected chi connectivity index (χ4v) is 3.58. The Kier molecular flexibility index (Phi) is 3.53. The first-order valence-corrected chi connectivity index (χ1v) is 8.34. The largest absolute Gasteiger partial charge is 0.486 e. The predicted octanol–water partition coefficient (Wildman–Crippen LogP) is 2.95. The first-order valence-electron chi connectivity index (χ1n) is 8.34. The molecule has 25 heavy (non-hydrogen) atoms. The molecule has 3 heterocycles. The highest BCUT2D eigenvalue weighted by Crippen LogP contribution is 2.42. The number of hydrogen-bond acceptors (Lipinski definition) is 4. The summed E-state index contributed by atoms with van der Waals surface area (Å²) in [4.78, 5) is 25.0. The van der Waals surface area contributed by atoms with Crippen molar-refractivity contribution in [2.24, 2.45) is 7.05 Å². The number of aryl methyl sites for hydroxylation is 1. The van der Waals surface area contributed by atoms with Gasteiger partial charge in [0.2, 0.25) is 0 Å². The summed E-state index contributed by atoms with van der Waals surface area (Å²) in [5.74, 6) is 0.527. The lowest BCUT2D eigenvalue weighted by molar-refractivity contribution is -0.135. The number of nitrogens with zero attached hydrogens (tertiary/aromatic N) is 1. The zero-order valence-corrected chi connectivity index (χ0v) is 14.4. The lowest BCUT2D eigenvalue weighted by atomic mass is 9.82. The van der Waals surface area contributed by atoms with Crippen molar-refractivity contribution in [1.82, 2.24) is 4.57 Å². The zero-order valence-electron chi connectivity index (χ0n) is 14.4. The molecule has 0 amide bonds. The van der Waals surface area contributed by atoms with Crippen LogP contribution < -0.4 is 15.0 Å².